The minimum absolute atomic E-state index is 0.0192. The Balaban J connectivity index is 2.68. The van der Waals surface area contributed by atoms with E-state index in [0.29, 0.717) is 18.9 Å². The standard InChI is InChI=1S/C16H26N2O2/c1-10(2)5-13(9-17)8-16(20)18-14-6-12(4)15(19)7-11(14)3/h6-7,10,13,19H,5,8-9,17H2,1-4H3,(H,18,20)/t13-/m0/s1. The smallest absolute Gasteiger partial charge is 0.224 e. The van der Waals surface area contributed by atoms with E-state index < -0.39 is 0 Å². The summed E-state index contributed by atoms with van der Waals surface area (Å²) in [7, 11) is 0. The molecule has 4 nitrogen and oxygen atoms in total. The van der Waals surface area contributed by atoms with Crippen molar-refractivity contribution in [3.8, 4) is 5.75 Å². The number of amides is 1. The molecule has 0 heterocycles. The van der Waals surface area contributed by atoms with Gasteiger partial charge in [0.25, 0.3) is 0 Å². The summed E-state index contributed by atoms with van der Waals surface area (Å²) in [6, 6.07) is 3.46. The summed E-state index contributed by atoms with van der Waals surface area (Å²) in [5, 5.41) is 12.5. The fourth-order valence-corrected chi connectivity index (χ4v) is 2.33. The number of nitrogens with two attached hydrogens (primary N) is 1. The molecule has 4 heteroatoms. The molecule has 20 heavy (non-hydrogen) atoms. The number of carbonyl (C=O) groups excluding carboxylic acids is 1. The number of carbonyl (C=O) groups is 1. The van der Waals surface area contributed by atoms with Gasteiger partial charge >= 0.3 is 0 Å². The molecule has 0 radical (unpaired) electrons. The summed E-state index contributed by atoms with van der Waals surface area (Å²) in [6.45, 7) is 8.47. The first-order valence-corrected chi connectivity index (χ1v) is 7.13. The Morgan fingerprint density at radius 1 is 1.30 bits per heavy atom. The molecular weight excluding hydrogens is 252 g/mol. The van der Waals surface area contributed by atoms with Gasteiger partial charge in [-0.15, -0.1) is 0 Å². The molecule has 0 unspecified atom stereocenters. The molecule has 0 spiro atoms. The lowest BCUT2D eigenvalue weighted by Gasteiger charge is -2.17. The molecule has 0 aliphatic carbocycles. The molecule has 1 rings (SSSR count). The van der Waals surface area contributed by atoms with Crippen LogP contribution in [0.25, 0.3) is 0 Å². The van der Waals surface area contributed by atoms with Crippen LogP contribution in [0, 0.1) is 25.7 Å². The highest BCUT2D eigenvalue weighted by Crippen LogP contribution is 2.25. The summed E-state index contributed by atoms with van der Waals surface area (Å²) in [5.74, 6) is 0.983. The average molecular weight is 278 g/mol. The summed E-state index contributed by atoms with van der Waals surface area (Å²) < 4.78 is 0. The van der Waals surface area contributed by atoms with Gasteiger partial charge in [-0.1, -0.05) is 13.8 Å². The number of aromatic hydroxyl groups is 1. The molecule has 1 atom stereocenters. The first kappa shape index (κ1) is 16.5. The molecule has 0 aliphatic rings. The van der Waals surface area contributed by atoms with Gasteiger partial charge in [0.15, 0.2) is 0 Å². The van der Waals surface area contributed by atoms with Gasteiger partial charge in [0, 0.05) is 12.1 Å². The second kappa shape index (κ2) is 7.29. The summed E-state index contributed by atoms with van der Waals surface area (Å²) >= 11 is 0. The first-order chi connectivity index (χ1) is 9.33. The van der Waals surface area contributed by atoms with Crippen LogP contribution in [-0.2, 0) is 4.79 Å². The predicted octanol–water partition coefficient (Wildman–Crippen LogP) is 2.96. The van der Waals surface area contributed by atoms with E-state index >= 15 is 0 Å². The number of phenols is 1. The second-order valence-electron chi connectivity index (χ2n) is 5.94. The van der Waals surface area contributed by atoms with Gasteiger partial charge in [-0.3, -0.25) is 4.79 Å². The highest BCUT2D eigenvalue weighted by molar-refractivity contribution is 5.91. The van der Waals surface area contributed by atoms with Crippen molar-refractivity contribution in [2.75, 3.05) is 11.9 Å². The second-order valence-corrected chi connectivity index (χ2v) is 5.94. The Morgan fingerprint density at radius 3 is 2.50 bits per heavy atom. The maximum Gasteiger partial charge on any atom is 0.224 e. The summed E-state index contributed by atoms with van der Waals surface area (Å²) in [6.07, 6.45) is 1.39. The number of hydrogen-bond donors (Lipinski definition) is 3. The molecule has 0 saturated carbocycles. The molecule has 0 fully saturated rings. The Hall–Kier alpha value is -1.55. The third-order valence-corrected chi connectivity index (χ3v) is 3.43. The lowest BCUT2D eigenvalue weighted by Crippen LogP contribution is -2.23. The molecule has 1 amide bonds. The molecular formula is C16H26N2O2. The van der Waals surface area contributed by atoms with Crippen molar-refractivity contribution < 1.29 is 9.90 Å². The molecule has 1 aromatic rings. The zero-order valence-electron chi connectivity index (χ0n) is 12.9. The van der Waals surface area contributed by atoms with Crippen molar-refractivity contribution >= 4 is 11.6 Å². The normalized spacial score (nSPS) is 12.5. The SMILES string of the molecule is Cc1cc(NC(=O)C[C@@H](CN)CC(C)C)c(C)cc1O. The van der Waals surface area contributed by atoms with Crippen LogP contribution in [0.4, 0.5) is 5.69 Å². The number of phenolic OH excluding ortho intramolecular Hbond substituents is 1. The van der Waals surface area contributed by atoms with Gasteiger partial charge in [0.1, 0.15) is 5.75 Å². The lowest BCUT2D eigenvalue weighted by molar-refractivity contribution is -0.117. The summed E-state index contributed by atoms with van der Waals surface area (Å²) in [4.78, 5) is 12.1. The lowest BCUT2D eigenvalue weighted by atomic mass is 9.94. The predicted molar refractivity (Wildman–Crippen MR) is 82.8 cm³/mol. The average Bonchev–Trinajstić information content (AvgIpc) is 2.34. The zero-order valence-corrected chi connectivity index (χ0v) is 12.9. The number of benzene rings is 1. The topological polar surface area (TPSA) is 75.4 Å². The van der Waals surface area contributed by atoms with E-state index in [1.54, 1.807) is 12.1 Å². The molecule has 1 aromatic carbocycles. The molecule has 0 aliphatic heterocycles. The Morgan fingerprint density at radius 2 is 1.95 bits per heavy atom. The minimum Gasteiger partial charge on any atom is -0.508 e. The highest BCUT2D eigenvalue weighted by atomic mass is 16.3. The first-order valence-electron chi connectivity index (χ1n) is 7.13. The van der Waals surface area contributed by atoms with E-state index in [-0.39, 0.29) is 17.6 Å². The van der Waals surface area contributed by atoms with E-state index in [1.165, 1.54) is 0 Å². The third-order valence-electron chi connectivity index (χ3n) is 3.43. The van der Waals surface area contributed by atoms with Crippen molar-refractivity contribution in [1.29, 1.82) is 0 Å². The van der Waals surface area contributed by atoms with Crippen molar-refractivity contribution in [1.82, 2.24) is 0 Å². The van der Waals surface area contributed by atoms with Crippen LogP contribution in [0.3, 0.4) is 0 Å². The fourth-order valence-electron chi connectivity index (χ4n) is 2.33. The molecule has 0 aromatic heterocycles. The number of hydrogen-bond acceptors (Lipinski definition) is 3. The maximum atomic E-state index is 12.1. The zero-order chi connectivity index (χ0) is 15.3. The molecule has 4 N–H and O–H groups in total. The van der Waals surface area contributed by atoms with Gasteiger partial charge < -0.3 is 16.2 Å². The van der Waals surface area contributed by atoms with Crippen molar-refractivity contribution in [2.45, 2.75) is 40.5 Å². The maximum absolute atomic E-state index is 12.1. The fraction of sp³-hybridized carbons (Fsp3) is 0.562. The van der Waals surface area contributed by atoms with Gasteiger partial charge in [-0.05, 0) is 61.9 Å². The Bertz CT molecular complexity index is 470. The van der Waals surface area contributed by atoms with Gasteiger partial charge in [0.05, 0.1) is 0 Å². The van der Waals surface area contributed by atoms with Gasteiger partial charge in [-0.25, -0.2) is 0 Å². The Kier molecular flexibility index (Phi) is 6.02. The van der Waals surface area contributed by atoms with E-state index in [4.69, 9.17) is 5.73 Å². The van der Waals surface area contributed by atoms with E-state index in [2.05, 4.69) is 19.2 Å². The Labute approximate surface area is 121 Å². The van der Waals surface area contributed by atoms with Gasteiger partial charge in [-0.2, -0.15) is 0 Å². The van der Waals surface area contributed by atoms with Crippen LogP contribution in [0.5, 0.6) is 5.75 Å². The van der Waals surface area contributed by atoms with E-state index in [1.807, 2.05) is 13.8 Å². The van der Waals surface area contributed by atoms with E-state index in [9.17, 15) is 9.90 Å². The van der Waals surface area contributed by atoms with Crippen LogP contribution in [-0.4, -0.2) is 17.6 Å². The van der Waals surface area contributed by atoms with Crippen LogP contribution in [0.2, 0.25) is 0 Å². The third kappa shape index (κ3) is 4.85. The molecule has 112 valence electrons. The molecule has 0 saturated heterocycles. The largest absolute Gasteiger partial charge is 0.508 e. The van der Waals surface area contributed by atoms with Gasteiger partial charge in [0.2, 0.25) is 5.91 Å². The van der Waals surface area contributed by atoms with Crippen LogP contribution >= 0.6 is 0 Å². The van der Waals surface area contributed by atoms with E-state index in [0.717, 1.165) is 23.2 Å². The van der Waals surface area contributed by atoms with Crippen LogP contribution < -0.4 is 11.1 Å². The number of aryl methyl sites for hydroxylation is 2. The summed E-state index contributed by atoms with van der Waals surface area (Å²) in [5.41, 5.74) is 8.09. The quantitative estimate of drug-likeness (QED) is 0.700. The van der Waals surface area contributed by atoms with Crippen molar-refractivity contribution in [3.63, 3.8) is 0 Å². The van der Waals surface area contributed by atoms with Crippen molar-refractivity contribution in [2.24, 2.45) is 17.6 Å². The van der Waals surface area contributed by atoms with Crippen LogP contribution in [0.15, 0.2) is 12.1 Å². The monoisotopic (exact) mass is 278 g/mol. The highest BCUT2D eigenvalue weighted by Gasteiger charge is 2.15. The number of rotatable bonds is 6. The van der Waals surface area contributed by atoms with Crippen LogP contribution in [0.1, 0.15) is 37.8 Å². The minimum atomic E-state index is -0.0192. The molecule has 0 bridgehead atoms. The number of nitrogens with one attached hydrogen (secondary N) is 1. The van der Waals surface area contributed by atoms with Crippen molar-refractivity contribution in [3.05, 3.63) is 23.3 Å². The number of anilines is 1.